The van der Waals surface area contributed by atoms with Crippen LogP contribution >= 0.6 is 11.3 Å². The molecule has 0 spiro atoms. The van der Waals surface area contributed by atoms with Gasteiger partial charge in [-0.2, -0.15) is 4.31 Å². The van der Waals surface area contributed by atoms with Gasteiger partial charge >= 0.3 is 0 Å². The van der Waals surface area contributed by atoms with Crippen LogP contribution in [0.15, 0.2) is 40.6 Å². The molecule has 0 radical (unpaired) electrons. The summed E-state index contributed by atoms with van der Waals surface area (Å²) in [6.45, 7) is 0.207. The Balaban J connectivity index is 2.35. The second-order valence-electron chi connectivity index (χ2n) is 4.32. The summed E-state index contributed by atoms with van der Waals surface area (Å²) in [7, 11) is -2.38. The van der Waals surface area contributed by atoms with E-state index in [1.54, 1.807) is 0 Å². The van der Waals surface area contributed by atoms with Crippen molar-refractivity contribution in [2.75, 3.05) is 12.8 Å². The van der Waals surface area contributed by atoms with Crippen molar-refractivity contribution in [2.24, 2.45) is 0 Å². The second kappa shape index (κ2) is 5.80. The zero-order valence-corrected chi connectivity index (χ0v) is 12.7. The third-order valence-electron chi connectivity index (χ3n) is 2.87. The fourth-order valence-electron chi connectivity index (χ4n) is 1.73. The summed E-state index contributed by atoms with van der Waals surface area (Å²) in [6, 6.07) is 7.12. The first-order valence-corrected chi connectivity index (χ1v) is 8.17. The molecule has 7 nitrogen and oxygen atoms in total. The van der Waals surface area contributed by atoms with Gasteiger partial charge in [-0.3, -0.25) is 10.1 Å². The Morgan fingerprint density at radius 1 is 1.38 bits per heavy atom. The first-order valence-electron chi connectivity index (χ1n) is 5.85. The van der Waals surface area contributed by atoms with Gasteiger partial charge in [-0.25, -0.2) is 8.42 Å². The number of thiophene rings is 1. The van der Waals surface area contributed by atoms with Gasteiger partial charge in [0.05, 0.1) is 9.82 Å². The third-order valence-corrected chi connectivity index (χ3v) is 5.53. The summed E-state index contributed by atoms with van der Waals surface area (Å²) in [6.07, 6.45) is 0. The highest BCUT2D eigenvalue weighted by molar-refractivity contribution is 7.89. The Kier molecular flexibility index (Phi) is 4.26. The lowest BCUT2D eigenvalue weighted by atomic mass is 10.3. The van der Waals surface area contributed by atoms with Gasteiger partial charge in [0.25, 0.3) is 5.69 Å². The van der Waals surface area contributed by atoms with Gasteiger partial charge in [0.1, 0.15) is 5.69 Å². The quantitative estimate of drug-likeness (QED) is 0.514. The number of nitrogens with zero attached hydrogens (tertiary/aromatic N) is 2. The Morgan fingerprint density at radius 2 is 2.10 bits per heavy atom. The Bertz CT molecular complexity index is 757. The average molecular weight is 327 g/mol. The molecule has 112 valence electrons. The first kappa shape index (κ1) is 15.4. The molecule has 2 rings (SSSR count). The summed E-state index contributed by atoms with van der Waals surface area (Å²) < 4.78 is 26.0. The average Bonchev–Trinajstić information content (AvgIpc) is 2.91. The van der Waals surface area contributed by atoms with Crippen molar-refractivity contribution in [1.29, 1.82) is 0 Å². The summed E-state index contributed by atoms with van der Waals surface area (Å²) in [5.74, 6) is 0. The van der Waals surface area contributed by atoms with E-state index in [0.29, 0.717) is 0 Å². The lowest BCUT2D eigenvalue weighted by Gasteiger charge is -2.16. The van der Waals surface area contributed by atoms with Crippen LogP contribution < -0.4 is 5.73 Å². The Morgan fingerprint density at radius 3 is 2.67 bits per heavy atom. The molecule has 0 atom stereocenters. The van der Waals surface area contributed by atoms with Gasteiger partial charge in [0.15, 0.2) is 0 Å². The molecule has 0 saturated heterocycles. The standard InChI is InChI=1S/C12H13N3O4S2/c1-14(8-9-3-2-6-20-9)21(18,19)10-4-5-11(13)12(7-10)15(16)17/h2-7H,8,13H2,1H3. The molecule has 9 heteroatoms. The Labute approximate surface area is 125 Å². The topological polar surface area (TPSA) is 107 Å². The third kappa shape index (κ3) is 3.20. The van der Waals surface area contributed by atoms with E-state index < -0.39 is 20.6 Å². The minimum Gasteiger partial charge on any atom is -0.393 e. The molecule has 0 saturated carbocycles. The predicted molar refractivity (Wildman–Crippen MR) is 80.5 cm³/mol. The number of nitrogen functional groups attached to an aromatic ring is 1. The van der Waals surface area contributed by atoms with Crippen molar-refractivity contribution in [3.05, 3.63) is 50.7 Å². The van der Waals surface area contributed by atoms with Crippen molar-refractivity contribution >= 4 is 32.7 Å². The molecule has 0 aliphatic carbocycles. The van der Waals surface area contributed by atoms with E-state index in [2.05, 4.69) is 0 Å². The fourth-order valence-corrected chi connectivity index (χ4v) is 3.74. The SMILES string of the molecule is CN(Cc1cccs1)S(=O)(=O)c1ccc(N)c([N+](=O)[O-])c1. The van der Waals surface area contributed by atoms with Crippen LogP contribution in [0.1, 0.15) is 4.88 Å². The van der Waals surface area contributed by atoms with E-state index in [1.807, 2.05) is 17.5 Å². The maximum atomic E-state index is 12.4. The molecule has 2 N–H and O–H groups in total. The summed E-state index contributed by atoms with van der Waals surface area (Å²) in [5, 5.41) is 12.7. The Hall–Kier alpha value is -1.97. The van der Waals surface area contributed by atoms with Crippen LogP contribution in [-0.4, -0.2) is 24.7 Å². The molecule has 1 aromatic carbocycles. The van der Waals surface area contributed by atoms with Crippen molar-refractivity contribution in [3.8, 4) is 0 Å². The number of hydrogen-bond acceptors (Lipinski definition) is 6. The molecule has 1 heterocycles. The molecule has 1 aromatic heterocycles. The van der Waals surface area contributed by atoms with Crippen LogP contribution in [0.5, 0.6) is 0 Å². The number of benzene rings is 1. The van der Waals surface area contributed by atoms with Crippen LogP contribution in [0.25, 0.3) is 0 Å². The van der Waals surface area contributed by atoms with Crippen LogP contribution in [-0.2, 0) is 16.6 Å². The monoisotopic (exact) mass is 327 g/mol. The molecular weight excluding hydrogens is 314 g/mol. The number of sulfonamides is 1. The molecular formula is C12H13N3O4S2. The first-order chi connectivity index (χ1) is 9.82. The summed E-state index contributed by atoms with van der Waals surface area (Å²) >= 11 is 1.44. The maximum absolute atomic E-state index is 12.4. The molecule has 0 aliphatic heterocycles. The van der Waals surface area contributed by atoms with Gasteiger partial charge in [-0.1, -0.05) is 6.07 Å². The van der Waals surface area contributed by atoms with Gasteiger partial charge in [0, 0.05) is 24.5 Å². The van der Waals surface area contributed by atoms with Crippen molar-refractivity contribution in [1.82, 2.24) is 4.31 Å². The number of anilines is 1. The molecule has 2 aromatic rings. The second-order valence-corrected chi connectivity index (χ2v) is 7.40. The maximum Gasteiger partial charge on any atom is 0.293 e. The van der Waals surface area contributed by atoms with Gasteiger partial charge in [0.2, 0.25) is 10.0 Å². The minimum atomic E-state index is -3.81. The zero-order chi connectivity index (χ0) is 15.6. The molecule has 0 fully saturated rings. The van der Waals surface area contributed by atoms with Crippen LogP contribution in [0.2, 0.25) is 0 Å². The molecule has 0 aliphatic rings. The molecule has 21 heavy (non-hydrogen) atoms. The zero-order valence-electron chi connectivity index (χ0n) is 11.1. The van der Waals surface area contributed by atoms with E-state index in [0.717, 1.165) is 15.2 Å². The largest absolute Gasteiger partial charge is 0.393 e. The highest BCUT2D eigenvalue weighted by Crippen LogP contribution is 2.27. The van der Waals surface area contributed by atoms with E-state index in [4.69, 9.17) is 5.73 Å². The normalized spacial score (nSPS) is 11.7. The number of nitro groups is 1. The van der Waals surface area contributed by atoms with E-state index in [-0.39, 0.29) is 17.1 Å². The van der Waals surface area contributed by atoms with Crippen LogP contribution in [0.3, 0.4) is 0 Å². The van der Waals surface area contributed by atoms with Gasteiger partial charge in [-0.05, 0) is 23.6 Å². The summed E-state index contributed by atoms with van der Waals surface area (Å²) in [5.41, 5.74) is 4.99. The summed E-state index contributed by atoms with van der Waals surface area (Å²) in [4.78, 5) is 10.9. The lowest BCUT2D eigenvalue weighted by Crippen LogP contribution is -2.26. The minimum absolute atomic E-state index is 0.0696. The predicted octanol–water partition coefficient (Wildman–Crippen LogP) is 2.06. The van der Waals surface area contributed by atoms with E-state index >= 15 is 0 Å². The van der Waals surface area contributed by atoms with Crippen molar-refractivity contribution in [2.45, 2.75) is 11.4 Å². The number of nitro benzene ring substituents is 1. The molecule has 0 bridgehead atoms. The lowest BCUT2D eigenvalue weighted by molar-refractivity contribution is -0.384. The van der Waals surface area contributed by atoms with Gasteiger partial charge in [-0.15, -0.1) is 11.3 Å². The molecule has 0 unspecified atom stereocenters. The number of hydrogen-bond donors (Lipinski definition) is 1. The highest BCUT2D eigenvalue weighted by Gasteiger charge is 2.24. The highest BCUT2D eigenvalue weighted by atomic mass is 32.2. The molecule has 0 amide bonds. The van der Waals surface area contributed by atoms with Crippen LogP contribution in [0.4, 0.5) is 11.4 Å². The smallest absolute Gasteiger partial charge is 0.293 e. The fraction of sp³-hybridized carbons (Fsp3) is 0.167. The van der Waals surface area contributed by atoms with Crippen molar-refractivity contribution in [3.63, 3.8) is 0 Å². The van der Waals surface area contributed by atoms with Gasteiger partial charge < -0.3 is 5.73 Å². The number of nitrogens with two attached hydrogens (primary N) is 1. The number of rotatable bonds is 5. The van der Waals surface area contributed by atoms with Crippen LogP contribution in [0, 0.1) is 10.1 Å². The van der Waals surface area contributed by atoms with E-state index in [1.165, 1.54) is 30.5 Å². The van der Waals surface area contributed by atoms with E-state index in [9.17, 15) is 18.5 Å². The van der Waals surface area contributed by atoms with Crippen molar-refractivity contribution < 1.29 is 13.3 Å².